The summed E-state index contributed by atoms with van der Waals surface area (Å²) in [6, 6.07) is 0. The van der Waals surface area contributed by atoms with Crippen LogP contribution in [0.5, 0.6) is 0 Å². The van der Waals surface area contributed by atoms with E-state index in [1.807, 2.05) is 0 Å². The number of carbonyl (C=O) groups excluding carboxylic acids is 2. The topological polar surface area (TPSA) is 37.4 Å². The molecular formula is C8H13NO2. The van der Waals surface area contributed by atoms with E-state index in [-0.39, 0.29) is 18.2 Å². The molecule has 0 saturated heterocycles. The summed E-state index contributed by atoms with van der Waals surface area (Å²) in [5.74, 6) is -0.158. The van der Waals surface area contributed by atoms with Gasteiger partial charge in [-0.1, -0.05) is 13.5 Å². The maximum absolute atomic E-state index is 10.8. The van der Waals surface area contributed by atoms with E-state index in [1.54, 1.807) is 14.0 Å². The van der Waals surface area contributed by atoms with Crippen LogP contribution in [0.2, 0.25) is 0 Å². The molecule has 3 heteroatoms. The lowest BCUT2D eigenvalue weighted by atomic mass is 10.3. The number of Topliss-reactive ketones (excluding diaryl/α,β-unsaturated/α-hetero) is 1. The summed E-state index contributed by atoms with van der Waals surface area (Å²) < 4.78 is 0. The van der Waals surface area contributed by atoms with Gasteiger partial charge in [-0.3, -0.25) is 9.59 Å². The molecule has 62 valence electrons. The summed E-state index contributed by atoms with van der Waals surface area (Å²) in [5.41, 5.74) is 0. The third-order valence-electron chi connectivity index (χ3n) is 1.36. The smallest absolute Gasteiger partial charge is 0.246 e. The molecule has 0 aromatic carbocycles. The highest BCUT2D eigenvalue weighted by atomic mass is 16.2. The summed E-state index contributed by atoms with van der Waals surface area (Å²) in [7, 11) is 1.58. The molecule has 0 heterocycles. The molecule has 0 unspecified atom stereocenters. The van der Waals surface area contributed by atoms with Crippen LogP contribution in [-0.4, -0.2) is 30.2 Å². The summed E-state index contributed by atoms with van der Waals surface area (Å²) in [5, 5.41) is 0. The highest BCUT2D eigenvalue weighted by Crippen LogP contribution is 1.88. The average molecular weight is 155 g/mol. The Morgan fingerprint density at radius 2 is 2.09 bits per heavy atom. The number of likely N-dealkylation sites (N-methyl/N-ethyl adjacent to an activating group) is 1. The highest BCUT2D eigenvalue weighted by Gasteiger charge is 2.07. The number of amides is 1. The Bertz CT molecular complexity index is 175. The van der Waals surface area contributed by atoms with Crippen molar-refractivity contribution in [2.75, 3.05) is 13.6 Å². The summed E-state index contributed by atoms with van der Waals surface area (Å²) in [4.78, 5) is 23.0. The van der Waals surface area contributed by atoms with E-state index in [4.69, 9.17) is 0 Å². The fourth-order valence-corrected chi connectivity index (χ4v) is 0.610. The van der Waals surface area contributed by atoms with Crippen LogP contribution < -0.4 is 0 Å². The number of ketones is 1. The molecule has 0 aliphatic rings. The maximum atomic E-state index is 10.8. The first-order valence-corrected chi connectivity index (χ1v) is 3.51. The van der Waals surface area contributed by atoms with Crippen molar-refractivity contribution in [1.29, 1.82) is 0 Å². The van der Waals surface area contributed by atoms with Gasteiger partial charge in [0.2, 0.25) is 5.91 Å². The Labute approximate surface area is 66.7 Å². The number of hydrogen-bond donors (Lipinski definition) is 0. The molecule has 0 N–H and O–H groups in total. The van der Waals surface area contributed by atoms with Crippen LogP contribution in [0, 0.1) is 0 Å². The molecule has 0 fully saturated rings. The van der Waals surface area contributed by atoms with E-state index in [0.29, 0.717) is 6.42 Å². The first kappa shape index (κ1) is 9.88. The fourth-order valence-electron chi connectivity index (χ4n) is 0.610. The second-order valence-corrected chi connectivity index (χ2v) is 2.29. The van der Waals surface area contributed by atoms with Crippen molar-refractivity contribution in [3.8, 4) is 0 Å². The van der Waals surface area contributed by atoms with E-state index in [9.17, 15) is 9.59 Å². The summed E-state index contributed by atoms with van der Waals surface area (Å²) in [6.07, 6.45) is 1.66. The molecule has 0 saturated carbocycles. The lowest BCUT2D eigenvalue weighted by Gasteiger charge is -2.12. The third-order valence-corrected chi connectivity index (χ3v) is 1.36. The van der Waals surface area contributed by atoms with Gasteiger partial charge in [0.05, 0.1) is 6.54 Å². The van der Waals surface area contributed by atoms with Gasteiger partial charge in [-0.05, 0) is 6.08 Å². The van der Waals surface area contributed by atoms with Crippen LogP contribution in [0.4, 0.5) is 0 Å². The molecule has 1 amide bonds. The number of rotatable bonds is 4. The van der Waals surface area contributed by atoms with Gasteiger partial charge < -0.3 is 4.90 Å². The molecule has 0 aliphatic heterocycles. The lowest BCUT2D eigenvalue weighted by molar-refractivity contribution is -0.130. The minimum absolute atomic E-state index is 0.0581. The van der Waals surface area contributed by atoms with Crippen LogP contribution in [0.1, 0.15) is 13.3 Å². The molecular weight excluding hydrogens is 142 g/mol. The van der Waals surface area contributed by atoms with Gasteiger partial charge in [0.25, 0.3) is 0 Å². The summed E-state index contributed by atoms with van der Waals surface area (Å²) in [6.45, 7) is 5.27. The Balaban J connectivity index is 3.86. The molecule has 0 rings (SSSR count). The van der Waals surface area contributed by atoms with Crippen LogP contribution in [0.25, 0.3) is 0 Å². The summed E-state index contributed by atoms with van der Waals surface area (Å²) >= 11 is 0. The predicted molar refractivity (Wildman–Crippen MR) is 43.1 cm³/mol. The van der Waals surface area contributed by atoms with Crippen LogP contribution in [-0.2, 0) is 9.59 Å². The van der Waals surface area contributed by atoms with Gasteiger partial charge in [0.1, 0.15) is 0 Å². The number of nitrogens with zero attached hydrogens (tertiary/aromatic N) is 1. The molecule has 11 heavy (non-hydrogen) atoms. The largest absolute Gasteiger partial charge is 0.335 e. The quantitative estimate of drug-likeness (QED) is 0.558. The SMILES string of the molecule is C=CC(=O)N(C)CC(=O)CC. The Morgan fingerprint density at radius 1 is 1.55 bits per heavy atom. The number of carbonyl (C=O) groups is 2. The zero-order chi connectivity index (χ0) is 8.85. The van der Waals surface area contributed by atoms with Crippen molar-refractivity contribution in [2.24, 2.45) is 0 Å². The normalized spacial score (nSPS) is 8.91. The Morgan fingerprint density at radius 3 is 2.45 bits per heavy atom. The highest BCUT2D eigenvalue weighted by molar-refractivity contribution is 5.91. The molecule has 0 aromatic heterocycles. The van der Waals surface area contributed by atoms with E-state index in [1.165, 1.54) is 11.0 Å². The van der Waals surface area contributed by atoms with Crippen molar-refractivity contribution >= 4 is 11.7 Å². The molecule has 0 bridgehead atoms. The molecule has 3 nitrogen and oxygen atoms in total. The zero-order valence-corrected chi connectivity index (χ0v) is 6.96. The first-order chi connectivity index (χ1) is 5.11. The number of hydrogen-bond acceptors (Lipinski definition) is 2. The van der Waals surface area contributed by atoms with Crippen molar-refractivity contribution in [1.82, 2.24) is 4.90 Å². The zero-order valence-electron chi connectivity index (χ0n) is 6.96. The molecule has 0 radical (unpaired) electrons. The standard InChI is InChI=1S/C8H13NO2/c1-4-7(10)6-9(3)8(11)5-2/h5H,2,4,6H2,1,3H3. The minimum atomic E-state index is -0.216. The van der Waals surface area contributed by atoms with Gasteiger partial charge in [-0.15, -0.1) is 0 Å². The van der Waals surface area contributed by atoms with Gasteiger partial charge in [-0.2, -0.15) is 0 Å². The van der Waals surface area contributed by atoms with E-state index < -0.39 is 0 Å². The van der Waals surface area contributed by atoms with E-state index >= 15 is 0 Å². The first-order valence-electron chi connectivity index (χ1n) is 3.51. The maximum Gasteiger partial charge on any atom is 0.246 e. The van der Waals surface area contributed by atoms with Crippen LogP contribution in [0.15, 0.2) is 12.7 Å². The van der Waals surface area contributed by atoms with Crippen molar-refractivity contribution in [3.05, 3.63) is 12.7 Å². The third kappa shape index (κ3) is 3.55. The molecule has 0 aromatic rings. The van der Waals surface area contributed by atoms with Crippen molar-refractivity contribution < 1.29 is 9.59 Å². The van der Waals surface area contributed by atoms with E-state index in [2.05, 4.69) is 6.58 Å². The Kier molecular flexibility index (Phi) is 4.18. The second kappa shape index (κ2) is 4.66. The molecule has 0 atom stereocenters. The van der Waals surface area contributed by atoms with Gasteiger partial charge in [0, 0.05) is 13.5 Å². The Hall–Kier alpha value is -1.12. The lowest BCUT2D eigenvalue weighted by Crippen LogP contribution is -2.30. The van der Waals surface area contributed by atoms with Crippen LogP contribution >= 0.6 is 0 Å². The molecule has 0 spiro atoms. The van der Waals surface area contributed by atoms with E-state index in [0.717, 1.165) is 0 Å². The average Bonchev–Trinajstić information content (AvgIpc) is 2.02. The van der Waals surface area contributed by atoms with Crippen molar-refractivity contribution in [3.63, 3.8) is 0 Å². The molecule has 0 aliphatic carbocycles. The van der Waals surface area contributed by atoms with Crippen molar-refractivity contribution in [2.45, 2.75) is 13.3 Å². The van der Waals surface area contributed by atoms with Gasteiger partial charge in [-0.25, -0.2) is 0 Å². The fraction of sp³-hybridized carbons (Fsp3) is 0.500. The predicted octanol–water partition coefficient (Wildman–Crippen LogP) is 0.610. The second-order valence-electron chi connectivity index (χ2n) is 2.29. The van der Waals surface area contributed by atoms with Gasteiger partial charge in [0.15, 0.2) is 5.78 Å². The minimum Gasteiger partial charge on any atom is -0.335 e. The monoisotopic (exact) mass is 155 g/mol. The van der Waals surface area contributed by atoms with Gasteiger partial charge >= 0.3 is 0 Å². The van der Waals surface area contributed by atoms with Crippen LogP contribution in [0.3, 0.4) is 0 Å².